The molecule has 0 saturated carbocycles. The average Bonchev–Trinajstić information content (AvgIpc) is 2.75. The lowest BCUT2D eigenvalue weighted by Gasteiger charge is -2.09. The van der Waals surface area contributed by atoms with Crippen molar-refractivity contribution in [2.75, 3.05) is 7.11 Å². The fourth-order valence-corrected chi connectivity index (χ4v) is 1.91. The molecule has 6 nitrogen and oxygen atoms in total. The maximum Gasteiger partial charge on any atom is 0.255 e. The minimum absolute atomic E-state index is 0.215. The van der Waals surface area contributed by atoms with E-state index in [1.807, 2.05) is 20.8 Å². The maximum absolute atomic E-state index is 12.2. The third-order valence-corrected chi connectivity index (χ3v) is 3.08. The summed E-state index contributed by atoms with van der Waals surface area (Å²) in [7, 11) is 1.51. The first-order valence-electron chi connectivity index (χ1n) is 6.23. The fourth-order valence-electron chi connectivity index (χ4n) is 1.91. The number of ether oxygens (including phenoxy) is 1. The Morgan fingerprint density at radius 3 is 2.75 bits per heavy atom. The van der Waals surface area contributed by atoms with E-state index in [0.29, 0.717) is 23.6 Å². The Morgan fingerprint density at radius 1 is 1.40 bits per heavy atom. The normalized spacial score (nSPS) is 10.4. The number of methoxy groups -OCH3 is 1. The Balaban J connectivity index is 2.15. The Labute approximate surface area is 117 Å². The molecule has 2 rings (SSSR count). The van der Waals surface area contributed by atoms with Crippen LogP contribution in [0, 0.1) is 20.8 Å². The fraction of sp³-hybridized carbons (Fsp3) is 0.357. The third-order valence-electron chi connectivity index (χ3n) is 3.08. The summed E-state index contributed by atoms with van der Waals surface area (Å²) < 4.78 is 10.2. The summed E-state index contributed by atoms with van der Waals surface area (Å²) in [6.45, 7) is 5.85. The van der Waals surface area contributed by atoms with Crippen LogP contribution < -0.4 is 10.1 Å². The lowest BCUT2D eigenvalue weighted by atomic mass is 10.1. The van der Waals surface area contributed by atoms with Crippen molar-refractivity contribution in [1.29, 1.82) is 0 Å². The summed E-state index contributed by atoms with van der Waals surface area (Å²) >= 11 is 0. The number of amides is 1. The van der Waals surface area contributed by atoms with Crippen LogP contribution in [0.4, 0.5) is 0 Å². The molecule has 0 aliphatic rings. The molecule has 0 radical (unpaired) electrons. The number of aromatic nitrogens is 2. The molecular formula is C14H17N3O3. The molecule has 0 bridgehead atoms. The zero-order valence-corrected chi connectivity index (χ0v) is 12.0. The zero-order chi connectivity index (χ0) is 14.7. The van der Waals surface area contributed by atoms with Gasteiger partial charge in [-0.1, -0.05) is 5.16 Å². The van der Waals surface area contributed by atoms with Crippen LogP contribution in [0.15, 0.2) is 16.8 Å². The van der Waals surface area contributed by atoms with Crippen molar-refractivity contribution < 1.29 is 14.1 Å². The van der Waals surface area contributed by atoms with Gasteiger partial charge in [0.15, 0.2) is 0 Å². The summed E-state index contributed by atoms with van der Waals surface area (Å²) in [5, 5.41) is 6.69. The number of carbonyl (C=O) groups excluding carboxylic acids is 1. The topological polar surface area (TPSA) is 77.2 Å². The molecule has 1 N–H and O–H groups in total. The van der Waals surface area contributed by atoms with Crippen LogP contribution in [0.3, 0.4) is 0 Å². The standard InChI is InChI=1S/C14H17N3O3/c1-8-5-11(13(19-4)7-15-8)14(18)16-6-12-9(2)17-20-10(12)3/h5,7H,6H2,1-4H3,(H,16,18). The van der Waals surface area contributed by atoms with E-state index in [1.165, 1.54) is 7.11 Å². The van der Waals surface area contributed by atoms with Crippen molar-refractivity contribution in [3.63, 3.8) is 0 Å². The van der Waals surface area contributed by atoms with Gasteiger partial charge in [0.05, 0.1) is 24.6 Å². The van der Waals surface area contributed by atoms with Gasteiger partial charge in [0.2, 0.25) is 0 Å². The number of nitrogens with one attached hydrogen (secondary N) is 1. The minimum atomic E-state index is -0.215. The Kier molecular flexibility index (Phi) is 4.02. The van der Waals surface area contributed by atoms with Crippen molar-refractivity contribution in [3.05, 3.63) is 40.5 Å². The molecule has 2 aromatic rings. The highest BCUT2D eigenvalue weighted by molar-refractivity contribution is 5.96. The van der Waals surface area contributed by atoms with Crippen LogP contribution in [-0.2, 0) is 6.54 Å². The molecule has 0 fully saturated rings. The van der Waals surface area contributed by atoms with Gasteiger partial charge in [-0.25, -0.2) is 0 Å². The maximum atomic E-state index is 12.2. The highest BCUT2D eigenvalue weighted by atomic mass is 16.5. The summed E-state index contributed by atoms with van der Waals surface area (Å²) in [6.07, 6.45) is 1.54. The molecule has 1 amide bonds. The van der Waals surface area contributed by atoms with Crippen LogP contribution in [0.5, 0.6) is 5.75 Å². The monoisotopic (exact) mass is 275 g/mol. The molecule has 0 aliphatic carbocycles. The van der Waals surface area contributed by atoms with Crippen molar-refractivity contribution in [2.45, 2.75) is 27.3 Å². The lowest BCUT2D eigenvalue weighted by Crippen LogP contribution is -2.24. The first-order valence-corrected chi connectivity index (χ1v) is 6.23. The number of hydrogen-bond donors (Lipinski definition) is 1. The summed E-state index contributed by atoms with van der Waals surface area (Å²) in [6, 6.07) is 1.70. The lowest BCUT2D eigenvalue weighted by molar-refractivity contribution is 0.0947. The van der Waals surface area contributed by atoms with Crippen LogP contribution in [-0.4, -0.2) is 23.2 Å². The summed E-state index contributed by atoms with van der Waals surface area (Å²) in [5.74, 6) is 0.944. The van der Waals surface area contributed by atoms with Crippen LogP contribution in [0.25, 0.3) is 0 Å². The summed E-state index contributed by atoms with van der Waals surface area (Å²) in [5.41, 5.74) is 2.89. The molecule has 0 unspecified atom stereocenters. The van der Waals surface area contributed by atoms with E-state index in [-0.39, 0.29) is 5.91 Å². The van der Waals surface area contributed by atoms with Gasteiger partial charge in [-0.2, -0.15) is 0 Å². The van der Waals surface area contributed by atoms with Gasteiger partial charge in [0, 0.05) is 17.8 Å². The molecule has 20 heavy (non-hydrogen) atoms. The highest BCUT2D eigenvalue weighted by Gasteiger charge is 2.15. The average molecular weight is 275 g/mol. The van der Waals surface area contributed by atoms with E-state index in [0.717, 1.165) is 17.0 Å². The van der Waals surface area contributed by atoms with Crippen LogP contribution in [0.1, 0.15) is 33.1 Å². The first kappa shape index (κ1) is 14.0. The second kappa shape index (κ2) is 5.73. The molecule has 0 aliphatic heterocycles. The van der Waals surface area contributed by atoms with E-state index in [2.05, 4.69) is 15.5 Å². The molecule has 6 heteroatoms. The van der Waals surface area contributed by atoms with E-state index in [1.54, 1.807) is 12.3 Å². The van der Waals surface area contributed by atoms with E-state index < -0.39 is 0 Å². The van der Waals surface area contributed by atoms with Gasteiger partial charge in [-0.3, -0.25) is 9.78 Å². The largest absolute Gasteiger partial charge is 0.494 e. The van der Waals surface area contributed by atoms with Crippen molar-refractivity contribution in [2.24, 2.45) is 0 Å². The highest BCUT2D eigenvalue weighted by Crippen LogP contribution is 2.18. The Bertz CT molecular complexity index is 615. The molecule has 2 heterocycles. The molecular weight excluding hydrogens is 258 g/mol. The van der Waals surface area contributed by atoms with Gasteiger partial charge in [-0.15, -0.1) is 0 Å². The van der Waals surface area contributed by atoms with Crippen molar-refractivity contribution >= 4 is 5.91 Å². The van der Waals surface area contributed by atoms with Gasteiger partial charge < -0.3 is 14.6 Å². The third kappa shape index (κ3) is 2.79. The van der Waals surface area contributed by atoms with Crippen molar-refractivity contribution in [1.82, 2.24) is 15.5 Å². The number of nitrogens with zero attached hydrogens (tertiary/aromatic N) is 2. The molecule has 2 aromatic heterocycles. The van der Waals surface area contributed by atoms with Gasteiger partial charge in [0.25, 0.3) is 5.91 Å². The van der Waals surface area contributed by atoms with E-state index >= 15 is 0 Å². The molecule has 106 valence electrons. The predicted octanol–water partition coefficient (Wildman–Crippen LogP) is 1.93. The van der Waals surface area contributed by atoms with E-state index in [4.69, 9.17) is 9.26 Å². The number of carbonyl (C=O) groups is 1. The van der Waals surface area contributed by atoms with E-state index in [9.17, 15) is 4.79 Å². The zero-order valence-electron chi connectivity index (χ0n) is 12.0. The van der Waals surface area contributed by atoms with Gasteiger partial charge in [-0.05, 0) is 26.8 Å². The van der Waals surface area contributed by atoms with Crippen molar-refractivity contribution in [3.8, 4) is 5.75 Å². The quantitative estimate of drug-likeness (QED) is 0.922. The number of rotatable bonds is 4. The second-order valence-corrected chi connectivity index (χ2v) is 4.51. The predicted molar refractivity (Wildman–Crippen MR) is 72.7 cm³/mol. The van der Waals surface area contributed by atoms with Crippen LogP contribution >= 0.6 is 0 Å². The SMILES string of the molecule is COc1cnc(C)cc1C(=O)NCc1c(C)noc1C. The second-order valence-electron chi connectivity index (χ2n) is 4.51. The molecule has 0 aromatic carbocycles. The first-order chi connectivity index (χ1) is 9.52. The number of hydrogen-bond acceptors (Lipinski definition) is 5. The Morgan fingerprint density at radius 2 is 2.15 bits per heavy atom. The number of aryl methyl sites for hydroxylation is 3. The van der Waals surface area contributed by atoms with Gasteiger partial charge in [0.1, 0.15) is 11.5 Å². The molecule has 0 atom stereocenters. The molecule has 0 saturated heterocycles. The molecule has 0 spiro atoms. The smallest absolute Gasteiger partial charge is 0.255 e. The van der Waals surface area contributed by atoms with Gasteiger partial charge >= 0.3 is 0 Å². The minimum Gasteiger partial charge on any atom is -0.494 e. The number of pyridine rings is 1. The summed E-state index contributed by atoms with van der Waals surface area (Å²) in [4.78, 5) is 16.3. The van der Waals surface area contributed by atoms with Crippen LogP contribution in [0.2, 0.25) is 0 Å². The Hall–Kier alpha value is -2.37.